The summed E-state index contributed by atoms with van der Waals surface area (Å²) >= 11 is 0. The van der Waals surface area contributed by atoms with Gasteiger partial charge in [-0.25, -0.2) is 4.79 Å². The summed E-state index contributed by atoms with van der Waals surface area (Å²) in [6, 6.07) is 5.10. The van der Waals surface area contributed by atoms with Gasteiger partial charge in [0.15, 0.2) is 0 Å². The predicted octanol–water partition coefficient (Wildman–Crippen LogP) is -0.516. The number of fused-ring (bicyclic) bond motifs is 1. The molecular weight excluding hydrogens is 222 g/mol. The molecule has 88 valence electrons. The molecule has 0 saturated carbocycles. The SMILES string of the molecule is Cc1ccc2[nH]c(=O)n(CC(N)=O)c(=O)c2c1. The van der Waals surface area contributed by atoms with Crippen LogP contribution in [-0.2, 0) is 11.3 Å². The zero-order valence-electron chi connectivity index (χ0n) is 9.19. The number of amides is 1. The lowest BCUT2D eigenvalue weighted by Gasteiger charge is -2.04. The first-order chi connectivity index (χ1) is 7.99. The van der Waals surface area contributed by atoms with Crippen LogP contribution in [0.1, 0.15) is 5.56 Å². The number of aromatic amines is 1. The Labute approximate surface area is 95.7 Å². The molecule has 0 bridgehead atoms. The second-order valence-electron chi connectivity index (χ2n) is 3.84. The van der Waals surface area contributed by atoms with Crippen molar-refractivity contribution in [2.24, 2.45) is 5.73 Å². The minimum Gasteiger partial charge on any atom is -0.368 e. The van der Waals surface area contributed by atoms with Crippen molar-refractivity contribution >= 4 is 16.8 Å². The summed E-state index contributed by atoms with van der Waals surface area (Å²) in [5.41, 5.74) is 5.19. The van der Waals surface area contributed by atoms with Gasteiger partial charge < -0.3 is 10.7 Å². The average Bonchev–Trinajstić information content (AvgIpc) is 2.25. The number of primary amides is 1. The molecule has 2 aromatic rings. The minimum absolute atomic E-state index is 0.367. The second-order valence-corrected chi connectivity index (χ2v) is 3.84. The Hall–Kier alpha value is -2.37. The number of nitrogens with one attached hydrogen (secondary N) is 1. The van der Waals surface area contributed by atoms with E-state index in [4.69, 9.17) is 5.73 Å². The standard InChI is InChI=1S/C11H11N3O3/c1-6-2-3-8-7(4-6)10(16)14(5-9(12)15)11(17)13-8/h2-4H,5H2,1H3,(H2,12,15)(H,13,17). The van der Waals surface area contributed by atoms with Crippen molar-refractivity contribution in [1.29, 1.82) is 0 Å². The molecule has 0 radical (unpaired) electrons. The Bertz CT molecular complexity index is 712. The van der Waals surface area contributed by atoms with Crippen LogP contribution < -0.4 is 17.0 Å². The maximum atomic E-state index is 12.0. The topological polar surface area (TPSA) is 97.9 Å². The second kappa shape index (κ2) is 3.89. The molecule has 0 aliphatic carbocycles. The molecule has 3 N–H and O–H groups in total. The van der Waals surface area contributed by atoms with Crippen LogP contribution in [0.2, 0.25) is 0 Å². The lowest BCUT2D eigenvalue weighted by Crippen LogP contribution is -2.39. The quantitative estimate of drug-likeness (QED) is 0.730. The Morgan fingerprint density at radius 1 is 1.41 bits per heavy atom. The first-order valence-corrected chi connectivity index (χ1v) is 5.01. The monoisotopic (exact) mass is 233 g/mol. The van der Waals surface area contributed by atoms with E-state index >= 15 is 0 Å². The largest absolute Gasteiger partial charge is 0.368 e. The summed E-state index contributed by atoms with van der Waals surface area (Å²) in [5.74, 6) is -0.732. The number of H-pyrrole nitrogens is 1. The summed E-state index contributed by atoms with van der Waals surface area (Å²) in [7, 11) is 0. The maximum absolute atomic E-state index is 12.0. The van der Waals surface area contributed by atoms with Crippen molar-refractivity contribution in [3.63, 3.8) is 0 Å². The molecule has 6 heteroatoms. The fourth-order valence-corrected chi connectivity index (χ4v) is 1.66. The number of benzene rings is 1. The first kappa shape index (κ1) is 11.1. The number of carbonyl (C=O) groups excluding carboxylic acids is 1. The van der Waals surface area contributed by atoms with Gasteiger partial charge in [0.05, 0.1) is 10.9 Å². The number of rotatable bonds is 2. The number of nitrogens with two attached hydrogens (primary N) is 1. The lowest BCUT2D eigenvalue weighted by atomic mass is 10.2. The van der Waals surface area contributed by atoms with Gasteiger partial charge in [-0.05, 0) is 19.1 Å². The van der Waals surface area contributed by atoms with Crippen molar-refractivity contribution in [3.8, 4) is 0 Å². The van der Waals surface area contributed by atoms with Crippen molar-refractivity contribution in [1.82, 2.24) is 9.55 Å². The van der Waals surface area contributed by atoms with Gasteiger partial charge in [0, 0.05) is 0 Å². The first-order valence-electron chi connectivity index (χ1n) is 5.01. The van der Waals surface area contributed by atoms with E-state index in [9.17, 15) is 14.4 Å². The fraction of sp³-hybridized carbons (Fsp3) is 0.182. The van der Waals surface area contributed by atoms with E-state index in [1.165, 1.54) is 0 Å². The van der Waals surface area contributed by atoms with Gasteiger partial charge in [0.1, 0.15) is 6.54 Å². The molecule has 2 rings (SSSR count). The highest BCUT2D eigenvalue weighted by atomic mass is 16.2. The van der Waals surface area contributed by atoms with Crippen LogP contribution in [-0.4, -0.2) is 15.5 Å². The third kappa shape index (κ3) is 1.96. The molecule has 0 saturated heterocycles. The summed E-state index contributed by atoms with van der Waals surface area (Å²) in [5, 5.41) is 0.367. The summed E-state index contributed by atoms with van der Waals surface area (Å²) < 4.78 is 0.796. The molecule has 0 aliphatic rings. The van der Waals surface area contributed by atoms with E-state index in [1.54, 1.807) is 18.2 Å². The van der Waals surface area contributed by atoms with Gasteiger partial charge in [0.2, 0.25) is 5.91 Å². The number of aromatic nitrogens is 2. The van der Waals surface area contributed by atoms with E-state index in [0.29, 0.717) is 10.9 Å². The third-order valence-electron chi connectivity index (χ3n) is 2.45. The summed E-state index contributed by atoms with van der Waals surface area (Å²) in [4.78, 5) is 36.9. The Morgan fingerprint density at radius 3 is 2.76 bits per heavy atom. The van der Waals surface area contributed by atoms with Gasteiger partial charge in [-0.1, -0.05) is 11.6 Å². The molecule has 1 aromatic carbocycles. The van der Waals surface area contributed by atoms with Crippen LogP contribution in [0, 0.1) is 6.92 Å². The zero-order chi connectivity index (χ0) is 12.6. The van der Waals surface area contributed by atoms with Gasteiger partial charge in [0.25, 0.3) is 5.56 Å². The smallest absolute Gasteiger partial charge is 0.329 e. The van der Waals surface area contributed by atoms with Gasteiger partial charge in [-0.15, -0.1) is 0 Å². The highest BCUT2D eigenvalue weighted by Gasteiger charge is 2.09. The van der Waals surface area contributed by atoms with Crippen LogP contribution >= 0.6 is 0 Å². The molecule has 0 spiro atoms. The van der Waals surface area contributed by atoms with Crippen LogP contribution in [0.15, 0.2) is 27.8 Å². The molecule has 0 fully saturated rings. The lowest BCUT2D eigenvalue weighted by molar-refractivity contribution is -0.118. The Morgan fingerprint density at radius 2 is 2.12 bits per heavy atom. The molecule has 0 unspecified atom stereocenters. The minimum atomic E-state index is -0.732. The molecule has 1 aromatic heterocycles. The van der Waals surface area contributed by atoms with Crippen molar-refractivity contribution < 1.29 is 4.79 Å². The molecule has 0 atom stereocenters. The number of aryl methyl sites for hydroxylation is 1. The van der Waals surface area contributed by atoms with E-state index < -0.39 is 23.7 Å². The maximum Gasteiger partial charge on any atom is 0.329 e. The van der Waals surface area contributed by atoms with E-state index in [1.807, 2.05) is 6.92 Å². The highest BCUT2D eigenvalue weighted by molar-refractivity contribution is 5.79. The van der Waals surface area contributed by atoms with E-state index in [2.05, 4.69) is 4.98 Å². The van der Waals surface area contributed by atoms with Crippen molar-refractivity contribution in [3.05, 3.63) is 44.6 Å². The average molecular weight is 233 g/mol. The van der Waals surface area contributed by atoms with Crippen LogP contribution in [0.4, 0.5) is 0 Å². The number of hydrogen-bond donors (Lipinski definition) is 2. The summed E-state index contributed by atoms with van der Waals surface area (Å²) in [6.07, 6.45) is 0. The number of nitrogens with zero attached hydrogens (tertiary/aromatic N) is 1. The normalized spacial score (nSPS) is 10.6. The highest BCUT2D eigenvalue weighted by Crippen LogP contribution is 2.07. The molecule has 0 aliphatic heterocycles. The number of carbonyl (C=O) groups is 1. The molecule has 1 heterocycles. The van der Waals surface area contributed by atoms with Gasteiger partial charge in [-0.2, -0.15) is 0 Å². The van der Waals surface area contributed by atoms with Crippen LogP contribution in [0.25, 0.3) is 10.9 Å². The molecular formula is C11H11N3O3. The van der Waals surface area contributed by atoms with Crippen LogP contribution in [0.5, 0.6) is 0 Å². The van der Waals surface area contributed by atoms with Crippen LogP contribution in [0.3, 0.4) is 0 Å². The predicted molar refractivity (Wildman–Crippen MR) is 62.8 cm³/mol. The molecule has 17 heavy (non-hydrogen) atoms. The third-order valence-corrected chi connectivity index (χ3v) is 2.45. The van der Waals surface area contributed by atoms with E-state index in [-0.39, 0.29) is 0 Å². The molecule has 6 nitrogen and oxygen atoms in total. The number of hydrogen-bond acceptors (Lipinski definition) is 3. The summed E-state index contributed by atoms with van der Waals surface area (Å²) in [6.45, 7) is 1.42. The van der Waals surface area contributed by atoms with Gasteiger partial charge >= 0.3 is 5.69 Å². The molecule has 1 amide bonds. The Kier molecular flexibility index (Phi) is 2.55. The van der Waals surface area contributed by atoms with Crippen molar-refractivity contribution in [2.75, 3.05) is 0 Å². The van der Waals surface area contributed by atoms with Gasteiger partial charge in [-0.3, -0.25) is 14.2 Å². The Balaban J connectivity index is 2.83. The fourth-order valence-electron chi connectivity index (χ4n) is 1.66. The van der Waals surface area contributed by atoms with E-state index in [0.717, 1.165) is 10.1 Å². The zero-order valence-corrected chi connectivity index (χ0v) is 9.19. The van der Waals surface area contributed by atoms with Crippen molar-refractivity contribution in [2.45, 2.75) is 13.5 Å².